The third kappa shape index (κ3) is 3.02. The highest BCUT2D eigenvalue weighted by Crippen LogP contribution is 2.17. The Balaban J connectivity index is 2.03. The van der Waals surface area contributed by atoms with Gasteiger partial charge in [-0.3, -0.25) is 0 Å². The van der Waals surface area contributed by atoms with Gasteiger partial charge in [0.2, 0.25) is 0 Å². The van der Waals surface area contributed by atoms with Crippen molar-refractivity contribution in [3.05, 3.63) is 0 Å². The van der Waals surface area contributed by atoms with Crippen molar-refractivity contribution in [3.8, 4) is 0 Å². The van der Waals surface area contributed by atoms with Crippen molar-refractivity contribution in [2.75, 3.05) is 6.61 Å². The summed E-state index contributed by atoms with van der Waals surface area (Å²) in [4.78, 5) is 10.7. The van der Waals surface area contributed by atoms with E-state index in [1.807, 2.05) is 0 Å². The molecule has 0 atom stereocenters. The molecule has 1 fully saturated rings. The first-order valence-corrected chi connectivity index (χ1v) is 3.90. The maximum absolute atomic E-state index is 11.5. The zero-order valence-electron chi connectivity index (χ0n) is 6.56. The van der Waals surface area contributed by atoms with E-state index in [9.17, 15) is 13.6 Å². The van der Waals surface area contributed by atoms with Crippen LogP contribution in [0.3, 0.4) is 0 Å². The average molecular weight is 179 g/mol. The molecule has 1 aliphatic rings. The SMILES string of the molecule is O=C(NC1CCC1)OCC(F)F. The molecule has 1 N–H and O–H groups in total. The number of alkyl halides is 2. The van der Waals surface area contributed by atoms with Crippen LogP contribution in [-0.4, -0.2) is 25.2 Å². The molecule has 0 radical (unpaired) electrons. The van der Waals surface area contributed by atoms with Crippen LogP contribution in [0.25, 0.3) is 0 Å². The van der Waals surface area contributed by atoms with Gasteiger partial charge in [0.05, 0.1) is 0 Å². The summed E-state index contributed by atoms with van der Waals surface area (Å²) in [7, 11) is 0. The normalized spacial score (nSPS) is 17.2. The molecule has 0 aromatic carbocycles. The molecule has 1 rings (SSSR count). The van der Waals surface area contributed by atoms with Crippen LogP contribution < -0.4 is 5.32 Å². The van der Waals surface area contributed by atoms with Gasteiger partial charge in [-0.15, -0.1) is 0 Å². The van der Waals surface area contributed by atoms with Gasteiger partial charge in [-0.1, -0.05) is 0 Å². The molecule has 0 aromatic heterocycles. The standard InChI is InChI=1S/C7H11F2NO2/c8-6(9)4-12-7(11)10-5-2-1-3-5/h5-6H,1-4H2,(H,10,11). The molecular weight excluding hydrogens is 168 g/mol. The molecule has 0 heterocycles. The number of alkyl carbamates (subject to hydrolysis) is 1. The number of hydrogen-bond donors (Lipinski definition) is 1. The molecule has 0 aromatic rings. The zero-order valence-corrected chi connectivity index (χ0v) is 6.56. The van der Waals surface area contributed by atoms with Gasteiger partial charge in [-0.25, -0.2) is 13.6 Å². The van der Waals surface area contributed by atoms with Gasteiger partial charge in [0.15, 0.2) is 6.61 Å². The van der Waals surface area contributed by atoms with E-state index >= 15 is 0 Å². The Hall–Kier alpha value is -0.870. The summed E-state index contributed by atoms with van der Waals surface area (Å²) in [5.41, 5.74) is 0. The fraction of sp³-hybridized carbons (Fsp3) is 0.857. The van der Waals surface area contributed by atoms with Crippen LogP contribution in [0.1, 0.15) is 19.3 Å². The predicted molar refractivity (Wildman–Crippen MR) is 38.1 cm³/mol. The number of ether oxygens (including phenoxy) is 1. The van der Waals surface area contributed by atoms with Crippen molar-refractivity contribution in [3.63, 3.8) is 0 Å². The molecule has 1 aliphatic carbocycles. The van der Waals surface area contributed by atoms with Crippen LogP contribution in [-0.2, 0) is 4.74 Å². The molecule has 0 saturated heterocycles. The predicted octanol–water partition coefficient (Wildman–Crippen LogP) is 1.53. The molecular formula is C7H11F2NO2. The van der Waals surface area contributed by atoms with Crippen molar-refractivity contribution >= 4 is 6.09 Å². The monoisotopic (exact) mass is 179 g/mol. The minimum absolute atomic E-state index is 0.134. The van der Waals surface area contributed by atoms with Crippen molar-refractivity contribution in [1.29, 1.82) is 0 Å². The molecule has 5 heteroatoms. The molecule has 0 unspecified atom stereocenters. The zero-order chi connectivity index (χ0) is 8.97. The maximum Gasteiger partial charge on any atom is 0.407 e. The van der Waals surface area contributed by atoms with E-state index in [-0.39, 0.29) is 6.04 Å². The highest BCUT2D eigenvalue weighted by atomic mass is 19.3. The van der Waals surface area contributed by atoms with Gasteiger partial charge in [-0.2, -0.15) is 0 Å². The lowest BCUT2D eigenvalue weighted by atomic mass is 9.93. The Morgan fingerprint density at radius 1 is 1.58 bits per heavy atom. The summed E-state index contributed by atoms with van der Waals surface area (Å²) in [6.07, 6.45) is -0.398. The Morgan fingerprint density at radius 3 is 2.67 bits per heavy atom. The Bertz CT molecular complexity index is 159. The first-order valence-electron chi connectivity index (χ1n) is 3.90. The quantitative estimate of drug-likeness (QED) is 0.713. The van der Waals surface area contributed by atoms with E-state index in [2.05, 4.69) is 10.1 Å². The van der Waals surface area contributed by atoms with Gasteiger partial charge in [0, 0.05) is 6.04 Å². The van der Waals surface area contributed by atoms with Crippen molar-refractivity contribution in [2.24, 2.45) is 0 Å². The summed E-state index contributed by atoms with van der Waals surface area (Å²) >= 11 is 0. The number of nitrogens with one attached hydrogen (secondary N) is 1. The third-order valence-electron chi connectivity index (χ3n) is 1.77. The van der Waals surface area contributed by atoms with E-state index in [1.165, 1.54) is 0 Å². The van der Waals surface area contributed by atoms with Crippen LogP contribution in [0.5, 0.6) is 0 Å². The third-order valence-corrected chi connectivity index (χ3v) is 1.77. The fourth-order valence-corrected chi connectivity index (χ4v) is 0.900. The molecule has 3 nitrogen and oxygen atoms in total. The van der Waals surface area contributed by atoms with Crippen LogP contribution in [0.4, 0.5) is 13.6 Å². The second-order valence-corrected chi connectivity index (χ2v) is 2.76. The smallest absolute Gasteiger partial charge is 0.407 e. The van der Waals surface area contributed by atoms with E-state index in [0.29, 0.717) is 0 Å². The number of hydrogen-bond acceptors (Lipinski definition) is 2. The molecule has 12 heavy (non-hydrogen) atoms. The van der Waals surface area contributed by atoms with Gasteiger partial charge >= 0.3 is 6.09 Å². The lowest BCUT2D eigenvalue weighted by molar-refractivity contribution is 0.0462. The second kappa shape index (κ2) is 4.23. The number of carbonyl (C=O) groups excluding carboxylic acids is 1. The Kier molecular flexibility index (Phi) is 3.25. The van der Waals surface area contributed by atoms with Crippen LogP contribution in [0.2, 0.25) is 0 Å². The molecule has 0 spiro atoms. The maximum atomic E-state index is 11.5. The van der Waals surface area contributed by atoms with E-state index in [0.717, 1.165) is 19.3 Å². The highest BCUT2D eigenvalue weighted by molar-refractivity contribution is 5.67. The van der Waals surface area contributed by atoms with E-state index in [4.69, 9.17) is 0 Å². The molecule has 1 amide bonds. The van der Waals surface area contributed by atoms with E-state index < -0.39 is 19.1 Å². The Labute approximate surface area is 69.1 Å². The summed E-state index contributed by atoms with van der Waals surface area (Å²) in [6, 6.07) is 0.134. The molecule has 70 valence electrons. The van der Waals surface area contributed by atoms with Gasteiger partial charge in [0.1, 0.15) is 0 Å². The van der Waals surface area contributed by atoms with E-state index in [1.54, 1.807) is 0 Å². The van der Waals surface area contributed by atoms with Gasteiger partial charge in [0.25, 0.3) is 6.43 Å². The molecule has 0 aliphatic heterocycles. The van der Waals surface area contributed by atoms with Crippen molar-refractivity contribution < 1.29 is 18.3 Å². The number of rotatable bonds is 3. The minimum atomic E-state index is -2.59. The number of amides is 1. The Morgan fingerprint density at radius 2 is 2.25 bits per heavy atom. The first kappa shape index (κ1) is 9.22. The second-order valence-electron chi connectivity index (χ2n) is 2.76. The van der Waals surface area contributed by atoms with Gasteiger partial charge in [-0.05, 0) is 19.3 Å². The topological polar surface area (TPSA) is 38.3 Å². The summed E-state index contributed by atoms with van der Waals surface area (Å²) in [6.45, 7) is -0.821. The van der Waals surface area contributed by atoms with Crippen molar-refractivity contribution in [1.82, 2.24) is 5.32 Å². The molecule has 1 saturated carbocycles. The average Bonchev–Trinajstić information content (AvgIpc) is 1.93. The largest absolute Gasteiger partial charge is 0.443 e. The first-order chi connectivity index (χ1) is 5.68. The molecule has 0 bridgehead atoms. The number of carbonyl (C=O) groups is 1. The van der Waals surface area contributed by atoms with Crippen LogP contribution in [0.15, 0.2) is 0 Å². The lowest BCUT2D eigenvalue weighted by Crippen LogP contribution is -2.40. The minimum Gasteiger partial charge on any atom is -0.443 e. The highest BCUT2D eigenvalue weighted by Gasteiger charge is 2.20. The lowest BCUT2D eigenvalue weighted by Gasteiger charge is -2.25. The van der Waals surface area contributed by atoms with Gasteiger partial charge < -0.3 is 10.1 Å². The fourth-order valence-electron chi connectivity index (χ4n) is 0.900. The summed E-state index contributed by atoms with van der Waals surface area (Å²) in [5, 5.41) is 2.48. The number of halogens is 2. The van der Waals surface area contributed by atoms with Crippen LogP contribution >= 0.6 is 0 Å². The summed E-state index contributed by atoms with van der Waals surface area (Å²) < 4.78 is 27.3. The van der Waals surface area contributed by atoms with Crippen LogP contribution in [0, 0.1) is 0 Å². The summed E-state index contributed by atoms with van der Waals surface area (Å²) in [5.74, 6) is 0. The van der Waals surface area contributed by atoms with Crippen molar-refractivity contribution in [2.45, 2.75) is 31.7 Å².